The van der Waals surface area contributed by atoms with E-state index in [0.717, 1.165) is 0 Å². The minimum atomic E-state index is -0.218. The van der Waals surface area contributed by atoms with E-state index in [9.17, 15) is 9.59 Å². The third-order valence-corrected chi connectivity index (χ3v) is 5.58. The molecule has 1 heterocycles. The molecule has 4 atom stereocenters. The van der Waals surface area contributed by atoms with Crippen LogP contribution in [0.1, 0.15) is 24.2 Å². The highest BCUT2D eigenvalue weighted by Gasteiger charge is 2.46. The maximum atomic E-state index is 13.2. The molecule has 0 bridgehead atoms. The highest BCUT2D eigenvalue weighted by atomic mass is 16.5. The summed E-state index contributed by atoms with van der Waals surface area (Å²) in [7, 11) is 3.08. The summed E-state index contributed by atoms with van der Waals surface area (Å²) in [6.07, 6.45) is 4.21. The fourth-order valence-corrected chi connectivity index (χ4v) is 4.28. The van der Waals surface area contributed by atoms with Crippen molar-refractivity contribution < 1.29 is 23.8 Å². The Balaban J connectivity index is 1.84. The molecular weight excluding hydrogens is 346 g/mol. The maximum Gasteiger partial charge on any atom is 0.309 e. The van der Waals surface area contributed by atoms with Gasteiger partial charge < -0.3 is 19.1 Å². The number of amides is 1. The van der Waals surface area contributed by atoms with Crippen LogP contribution >= 0.6 is 0 Å². The topological polar surface area (TPSA) is 65.1 Å². The average Bonchev–Trinajstić information content (AvgIpc) is 3.10. The largest absolute Gasteiger partial charge is 0.493 e. The second-order valence-corrected chi connectivity index (χ2v) is 7.10. The lowest BCUT2D eigenvalue weighted by Gasteiger charge is -2.31. The molecule has 2 aliphatic rings. The van der Waals surface area contributed by atoms with Gasteiger partial charge >= 0.3 is 5.97 Å². The molecule has 0 spiro atoms. The summed E-state index contributed by atoms with van der Waals surface area (Å²) >= 11 is 0. The van der Waals surface area contributed by atoms with Crippen LogP contribution in [-0.4, -0.2) is 50.7 Å². The molecule has 1 aliphatic carbocycles. The van der Waals surface area contributed by atoms with Gasteiger partial charge in [-0.1, -0.05) is 25.1 Å². The van der Waals surface area contributed by atoms with Crippen molar-refractivity contribution in [3.63, 3.8) is 0 Å². The van der Waals surface area contributed by atoms with Crippen LogP contribution in [0.25, 0.3) is 0 Å². The summed E-state index contributed by atoms with van der Waals surface area (Å²) in [6, 6.07) is 5.29. The number of para-hydroxylation sites is 1. The number of allylic oxidation sites excluding steroid dienone is 1. The number of benzene rings is 1. The molecule has 0 saturated carbocycles. The first-order valence-electron chi connectivity index (χ1n) is 9.37. The van der Waals surface area contributed by atoms with Crippen LogP contribution in [0.2, 0.25) is 0 Å². The lowest BCUT2D eigenvalue weighted by Crippen LogP contribution is -2.37. The van der Waals surface area contributed by atoms with Gasteiger partial charge in [-0.05, 0) is 36.8 Å². The van der Waals surface area contributed by atoms with E-state index in [4.69, 9.17) is 14.2 Å². The third kappa shape index (κ3) is 3.53. The quantitative estimate of drug-likeness (QED) is 0.587. The molecule has 27 heavy (non-hydrogen) atoms. The van der Waals surface area contributed by atoms with Gasteiger partial charge in [-0.15, -0.1) is 0 Å². The van der Waals surface area contributed by atoms with Gasteiger partial charge in [0.25, 0.3) is 5.91 Å². The van der Waals surface area contributed by atoms with Gasteiger partial charge in [-0.2, -0.15) is 0 Å². The summed E-state index contributed by atoms with van der Waals surface area (Å²) < 4.78 is 16.0. The minimum absolute atomic E-state index is 0.0737. The Hall–Kier alpha value is -2.50. The Kier molecular flexibility index (Phi) is 5.73. The number of hydrogen-bond acceptors (Lipinski definition) is 5. The molecule has 6 heteroatoms. The van der Waals surface area contributed by atoms with Crippen molar-refractivity contribution in [1.82, 2.24) is 4.90 Å². The molecule has 3 rings (SSSR count). The van der Waals surface area contributed by atoms with E-state index in [2.05, 4.69) is 12.2 Å². The molecule has 1 amide bonds. The van der Waals surface area contributed by atoms with Crippen LogP contribution < -0.4 is 9.47 Å². The Morgan fingerprint density at radius 2 is 1.93 bits per heavy atom. The first-order valence-corrected chi connectivity index (χ1v) is 9.37. The van der Waals surface area contributed by atoms with E-state index < -0.39 is 0 Å². The van der Waals surface area contributed by atoms with E-state index in [-0.39, 0.29) is 35.5 Å². The number of fused-ring (bicyclic) bond motifs is 1. The van der Waals surface area contributed by atoms with Crippen molar-refractivity contribution in [2.24, 2.45) is 23.7 Å². The van der Waals surface area contributed by atoms with Gasteiger partial charge in [-0.25, -0.2) is 0 Å². The SMILES string of the molecule is CCOC(=O)[C@@H]1[C@H]2CN(C(=O)c3cccc(OC)c3OC)C[C@@H]2C=C[C@@H]1C. The molecular formula is C21H27NO5. The predicted octanol–water partition coefficient (Wildman–Crippen LogP) is 2.78. The number of rotatable bonds is 5. The smallest absolute Gasteiger partial charge is 0.309 e. The molecule has 0 unspecified atom stereocenters. The second-order valence-electron chi connectivity index (χ2n) is 7.10. The number of ether oxygens (including phenoxy) is 3. The van der Waals surface area contributed by atoms with E-state index >= 15 is 0 Å². The highest BCUT2D eigenvalue weighted by Crippen LogP contribution is 2.41. The number of likely N-dealkylation sites (tertiary alicyclic amines) is 1. The first kappa shape index (κ1) is 19.3. The zero-order valence-corrected chi connectivity index (χ0v) is 16.3. The zero-order chi connectivity index (χ0) is 19.6. The van der Waals surface area contributed by atoms with Crippen molar-refractivity contribution in [2.45, 2.75) is 13.8 Å². The molecule has 0 radical (unpaired) electrons. The third-order valence-electron chi connectivity index (χ3n) is 5.58. The minimum Gasteiger partial charge on any atom is -0.493 e. The van der Waals surface area contributed by atoms with Crippen molar-refractivity contribution >= 4 is 11.9 Å². The summed E-state index contributed by atoms with van der Waals surface area (Å²) in [5.74, 6) is 0.808. The standard InChI is InChI=1S/C21H27NO5/c1-5-27-21(24)18-13(2)9-10-14-11-22(12-16(14)18)20(23)15-7-6-8-17(25-3)19(15)26-4/h6-10,13-14,16,18H,5,11-12H2,1-4H3/t13-,14-,16-,18-/m0/s1. The van der Waals surface area contributed by atoms with Gasteiger partial charge in [-0.3, -0.25) is 9.59 Å². The van der Waals surface area contributed by atoms with Crippen LogP contribution in [-0.2, 0) is 9.53 Å². The van der Waals surface area contributed by atoms with Crippen LogP contribution in [0.5, 0.6) is 11.5 Å². The lowest BCUT2D eigenvalue weighted by atomic mass is 9.72. The fourth-order valence-electron chi connectivity index (χ4n) is 4.28. The molecule has 1 fully saturated rings. The molecule has 6 nitrogen and oxygen atoms in total. The van der Waals surface area contributed by atoms with Crippen LogP contribution in [0.3, 0.4) is 0 Å². The molecule has 1 saturated heterocycles. The summed E-state index contributed by atoms with van der Waals surface area (Å²) in [5, 5.41) is 0. The van der Waals surface area contributed by atoms with Gasteiger partial charge in [0, 0.05) is 13.1 Å². The number of methoxy groups -OCH3 is 2. The molecule has 1 aliphatic heterocycles. The Morgan fingerprint density at radius 3 is 2.59 bits per heavy atom. The lowest BCUT2D eigenvalue weighted by molar-refractivity contribution is -0.152. The number of carbonyl (C=O) groups excluding carboxylic acids is 2. The van der Waals surface area contributed by atoms with E-state index in [0.29, 0.717) is 36.8 Å². The van der Waals surface area contributed by atoms with E-state index in [1.807, 2.05) is 13.8 Å². The van der Waals surface area contributed by atoms with Gasteiger partial charge in [0.15, 0.2) is 11.5 Å². The summed E-state index contributed by atoms with van der Waals surface area (Å²) in [4.78, 5) is 27.5. The Labute approximate surface area is 160 Å². The van der Waals surface area contributed by atoms with Crippen LogP contribution in [0, 0.1) is 23.7 Å². The van der Waals surface area contributed by atoms with Crippen molar-refractivity contribution in [3.8, 4) is 11.5 Å². The first-order chi connectivity index (χ1) is 13.0. The number of hydrogen-bond donors (Lipinski definition) is 0. The molecule has 0 N–H and O–H groups in total. The van der Waals surface area contributed by atoms with Crippen molar-refractivity contribution in [1.29, 1.82) is 0 Å². The van der Waals surface area contributed by atoms with Crippen LogP contribution in [0.15, 0.2) is 30.4 Å². The molecule has 146 valence electrons. The molecule has 1 aromatic carbocycles. The van der Waals surface area contributed by atoms with Gasteiger partial charge in [0.2, 0.25) is 0 Å². The average molecular weight is 373 g/mol. The summed E-state index contributed by atoms with van der Waals surface area (Å²) in [5.41, 5.74) is 0.472. The number of esters is 1. The highest BCUT2D eigenvalue weighted by molar-refractivity contribution is 5.98. The zero-order valence-electron chi connectivity index (χ0n) is 16.3. The van der Waals surface area contributed by atoms with Crippen molar-refractivity contribution in [3.05, 3.63) is 35.9 Å². The number of carbonyl (C=O) groups is 2. The number of nitrogens with zero attached hydrogens (tertiary/aromatic N) is 1. The van der Waals surface area contributed by atoms with Crippen molar-refractivity contribution in [2.75, 3.05) is 33.9 Å². The predicted molar refractivity (Wildman–Crippen MR) is 101 cm³/mol. The normalized spacial score (nSPS) is 26.4. The van der Waals surface area contributed by atoms with E-state index in [1.54, 1.807) is 30.2 Å². The van der Waals surface area contributed by atoms with Gasteiger partial charge in [0.05, 0.1) is 32.3 Å². The Morgan fingerprint density at radius 1 is 1.15 bits per heavy atom. The second kappa shape index (κ2) is 8.03. The maximum absolute atomic E-state index is 13.2. The Bertz CT molecular complexity index is 744. The molecule has 1 aromatic rings. The fraction of sp³-hybridized carbons (Fsp3) is 0.524. The van der Waals surface area contributed by atoms with Gasteiger partial charge in [0.1, 0.15) is 0 Å². The monoisotopic (exact) mass is 373 g/mol. The molecule has 0 aromatic heterocycles. The van der Waals surface area contributed by atoms with Crippen LogP contribution in [0.4, 0.5) is 0 Å². The van der Waals surface area contributed by atoms with E-state index in [1.165, 1.54) is 7.11 Å². The summed E-state index contributed by atoms with van der Waals surface area (Å²) in [6.45, 7) is 5.33.